The lowest BCUT2D eigenvalue weighted by Gasteiger charge is -2.20. The summed E-state index contributed by atoms with van der Waals surface area (Å²) < 4.78 is 0. The van der Waals surface area contributed by atoms with Gasteiger partial charge in [0.05, 0.1) is 6.10 Å². The van der Waals surface area contributed by atoms with Gasteiger partial charge >= 0.3 is 0 Å². The molecule has 1 aromatic rings. The molecular weight excluding hydrogens is 250 g/mol. The third-order valence-electron chi connectivity index (χ3n) is 3.58. The first-order valence-corrected chi connectivity index (χ1v) is 7.46. The van der Waals surface area contributed by atoms with Gasteiger partial charge in [-0.2, -0.15) is 0 Å². The minimum Gasteiger partial charge on any atom is -0.391 e. The molecule has 0 radical (unpaired) electrons. The first-order chi connectivity index (χ1) is 9.69. The molecule has 0 unspecified atom stereocenters. The monoisotopic (exact) mass is 275 g/mol. The number of hydrogen-bond acceptors (Lipinski definition) is 2. The van der Waals surface area contributed by atoms with Crippen LogP contribution in [0.2, 0.25) is 0 Å². The van der Waals surface area contributed by atoms with Gasteiger partial charge in [0.2, 0.25) is 0 Å². The number of nitrogens with zero attached hydrogens (tertiary/aromatic N) is 2. The number of rotatable bonds is 4. The van der Waals surface area contributed by atoms with Crippen molar-refractivity contribution < 1.29 is 5.11 Å². The summed E-state index contributed by atoms with van der Waals surface area (Å²) >= 11 is 0. The van der Waals surface area contributed by atoms with Crippen molar-refractivity contribution in [2.24, 2.45) is 4.99 Å². The van der Waals surface area contributed by atoms with Crippen LogP contribution in [0.3, 0.4) is 0 Å². The third kappa shape index (κ3) is 4.23. The molecule has 1 fully saturated rings. The number of β-amino-alcohol motifs (C(OH)–C–C–N with tert-alkyl or cyclic N) is 1. The molecule has 1 heterocycles. The van der Waals surface area contributed by atoms with Crippen molar-refractivity contribution >= 4 is 5.96 Å². The fraction of sp³-hybridized carbons (Fsp3) is 0.562. The second-order valence-corrected chi connectivity index (χ2v) is 5.36. The number of aliphatic imine (C=N–C) groups is 1. The molecule has 4 nitrogen and oxygen atoms in total. The van der Waals surface area contributed by atoms with E-state index in [-0.39, 0.29) is 6.10 Å². The quantitative estimate of drug-likeness (QED) is 0.648. The topological polar surface area (TPSA) is 47.9 Å². The molecule has 0 aliphatic carbocycles. The van der Waals surface area contributed by atoms with Crippen molar-refractivity contribution in [1.29, 1.82) is 0 Å². The molecule has 4 heteroatoms. The van der Waals surface area contributed by atoms with Gasteiger partial charge in [-0.25, -0.2) is 0 Å². The number of guanidine groups is 1. The molecule has 1 aliphatic heterocycles. The molecule has 0 spiro atoms. The van der Waals surface area contributed by atoms with Gasteiger partial charge in [0.25, 0.3) is 0 Å². The van der Waals surface area contributed by atoms with Crippen LogP contribution in [0.4, 0.5) is 0 Å². The number of hydrogen-bond donors (Lipinski definition) is 2. The zero-order valence-corrected chi connectivity index (χ0v) is 12.5. The van der Waals surface area contributed by atoms with Gasteiger partial charge in [-0.1, -0.05) is 29.8 Å². The number of aliphatic hydroxyl groups is 1. The molecule has 2 N–H and O–H groups in total. The van der Waals surface area contributed by atoms with Crippen LogP contribution in [0.1, 0.15) is 24.5 Å². The maximum atomic E-state index is 9.62. The molecule has 1 aliphatic rings. The Balaban J connectivity index is 1.90. The van der Waals surface area contributed by atoms with Crippen molar-refractivity contribution in [3.8, 4) is 0 Å². The molecule has 1 saturated heterocycles. The van der Waals surface area contributed by atoms with Gasteiger partial charge in [0.1, 0.15) is 0 Å². The largest absolute Gasteiger partial charge is 0.391 e. The van der Waals surface area contributed by atoms with Crippen LogP contribution < -0.4 is 5.32 Å². The van der Waals surface area contributed by atoms with E-state index in [4.69, 9.17) is 0 Å². The number of likely N-dealkylation sites (tertiary alicyclic amines) is 1. The highest BCUT2D eigenvalue weighted by Crippen LogP contribution is 2.09. The van der Waals surface area contributed by atoms with Gasteiger partial charge < -0.3 is 15.3 Å². The van der Waals surface area contributed by atoms with E-state index in [2.05, 4.69) is 53.3 Å². The van der Waals surface area contributed by atoms with E-state index in [1.54, 1.807) is 0 Å². The molecule has 0 saturated carbocycles. The maximum Gasteiger partial charge on any atom is 0.194 e. The lowest BCUT2D eigenvalue weighted by molar-refractivity contribution is 0.188. The van der Waals surface area contributed by atoms with E-state index in [1.807, 2.05) is 0 Å². The summed E-state index contributed by atoms with van der Waals surface area (Å²) in [6.45, 7) is 7.38. The summed E-state index contributed by atoms with van der Waals surface area (Å²) in [4.78, 5) is 6.81. The van der Waals surface area contributed by atoms with Crippen molar-refractivity contribution in [2.45, 2.75) is 32.8 Å². The van der Waals surface area contributed by atoms with E-state index in [0.29, 0.717) is 6.54 Å². The van der Waals surface area contributed by atoms with E-state index >= 15 is 0 Å². The minimum absolute atomic E-state index is 0.212. The average molecular weight is 275 g/mol. The Labute approximate surface area is 121 Å². The molecule has 20 heavy (non-hydrogen) atoms. The van der Waals surface area contributed by atoms with E-state index in [1.165, 1.54) is 11.1 Å². The number of benzene rings is 1. The number of nitrogens with one attached hydrogen (secondary N) is 1. The Morgan fingerprint density at radius 1 is 1.40 bits per heavy atom. The molecule has 0 aromatic heterocycles. The Kier molecular flexibility index (Phi) is 5.41. The normalized spacial score (nSPS) is 19.4. The van der Waals surface area contributed by atoms with Gasteiger partial charge in [-0.15, -0.1) is 0 Å². The standard InChI is InChI=1S/C16H25N3O/c1-3-17-16(19-11-9-15(20)12-19)18-10-8-14-6-4-13(2)5-7-14/h4-7,15,20H,3,8-12H2,1-2H3,(H,17,18)/t15-/m1/s1. The number of aryl methyl sites for hydroxylation is 1. The fourth-order valence-corrected chi connectivity index (χ4v) is 2.41. The molecular formula is C16H25N3O. The van der Waals surface area contributed by atoms with Crippen LogP contribution in [-0.4, -0.2) is 48.2 Å². The fourth-order valence-electron chi connectivity index (χ4n) is 2.41. The highest BCUT2D eigenvalue weighted by atomic mass is 16.3. The molecule has 2 rings (SSSR count). The highest BCUT2D eigenvalue weighted by Gasteiger charge is 2.22. The van der Waals surface area contributed by atoms with Gasteiger partial charge in [0, 0.05) is 26.2 Å². The summed E-state index contributed by atoms with van der Waals surface area (Å²) in [5.74, 6) is 0.927. The number of aliphatic hydroxyl groups excluding tert-OH is 1. The van der Waals surface area contributed by atoms with Gasteiger partial charge in [-0.3, -0.25) is 4.99 Å². The Morgan fingerprint density at radius 3 is 2.75 bits per heavy atom. The van der Waals surface area contributed by atoms with Crippen LogP contribution in [-0.2, 0) is 6.42 Å². The van der Waals surface area contributed by atoms with Crippen LogP contribution in [0.15, 0.2) is 29.3 Å². The molecule has 1 aromatic carbocycles. The van der Waals surface area contributed by atoms with E-state index < -0.39 is 0 Å². The summed E-state index contributed by atoms with van der Waals surface area (Å²) in [5.41, 5.74) is 2.60. The first kappa shape index (κ1) is 14.9. The van der Waals surface area contributed by atoms with E-state index in [0.717, 1.165) is 38.4 Å². The second-order valence-electron chi connectivity index (χ2n) is 5.36. The van der Waals surface area contributed by atoms with Gasteiger partial charge in [0.15, 0.2) is 5.96 Å². The van der Waals surface area contributed by atoms with Gasteiger partial charge in [-0.05, 0) is 32.3 Å². The van der Waals surface area contributed by atoms with Crippen LogP contribution in [0.25, 0.3) is 0 Å². The zero-order chi connectivity index (χ0) is 14.4. The lowest BCUT2D eigenvalue weighted by Crippen LogP contribution is -2.40. The Morgan fingerprint density at radius 2 is 2.15 bits per heavy atom. The summed E-state index contributed by atoms with van der Waals surface area (Å²) in [6, 6.07) is 8.61. The smallest absolute Gasteiger partial charge is 0.194 e. The predicted octanol–water partition coefficient (Wildman–Crippen LogP) is 1.57. The lowest BCUT2D eigenvalue weighted by atomic mass is 10.1. The highest BCUT2D eigenvalue weighted by molar-refractivity contribution is 5.80. The maximum absolute atomic E-state index is 9.62. The second kappa shape index (κ2) is 7.29. The summed E-state index contributed by atoms with van der Waals surface area (Å²) in [6.07, 6.45) is 1.57. The van der Waals surface area contributed by atoms with Crippen molar-refractivity contribution in [3.05, 3.63) is 35.4 Å². The Bertz CT molecular complexity index is 442. The predicted molar refractivity (Wildman–Crippen MR) is 83.1 cm³/mol. The molecule has 0 bridgehead atoms. The Hall–Kier alpha value is -1.55. The molecule has 110 valence electrons. The third-order valence-corrected chi connectivity index (χ3v) is 3.58. The van der Waals surface area contributed by atoms with Crippen LogP contribution in [0.5, 0.6) is 0 Å². The summed E-state index contributed by atoms with van der Waals surface area (Å²) in [5, 5.41) is 12.9. The van der Waals surface area contributed by atoms with Crippen molar-refractivity contribution in [1.82, 2.24) is 10.2 Å². The SMILES string of the molecule is CCNC(=NCCc1ccc(C)cc1)N1CC[C@@H](O)C1. The molecule has 0 amide bonds. The zero-order valence-electron chi connectivity index (χ0n) is 12.5. The van der Waals surface area contributed by atoms with Crippen molar-refractivity contribution in [2.75, 3.05) is 26.2 Å². The van der Waals surface area contributed by atoms with Crippen LogP contribution in [0, 0.1) is 6.92 Å². The minimum atomic E-state index is -0.212. The summed E-state index contributed by atoms with van der Waals surface area (Å²) in [7, 11) is 0. The average Bonchev–Trinajstić information content (AvgIpc) is 2.86. The molecule has 1 atom stereocenters. The first-order valence-electron chi connectivity index (χ1n) is 7.46. The van der Waals surface area contributed by atoms with E-state index in [9.17, 15) is 5.11 Å². The van der Waals surface area contributed by atoms with Crippen molar-refractivity contribution in [3.63, 3.8) is 0 Å². The van der Waals surface area contributed by atoms with Crippen LogP contribution >= 0.6 is 0 Å².